The van der Waals surface area contributed by atoms with E-state index in [1.54, 1.807) is 24.3 Å². The summed E-state index contributed by atoms with van der Waals surface area (Å²) in [6.07, 6.45) is 0. The highest BCUT2D eigenvalue weighted by atomic mass is 79.9. The van der Waals surface area contributed by atoms with Crippen LogP contribution in [0.3, 0.4) is 0 Å². The molecule has 0 unspecified atom stereocenters. The standard InChI is InChI=1S/C19H19Br2ClN2O4/c1-11(2)14-7-12(20)3-5-16(14)27-9-18(25)23-24-19(26)10-28-17-6-4-13(21)8-15(17)22/h3-8,11H,9-10H2,1-2H3,(H,23,25)(H,24,26). The van der Waals surface area contributed by atoms with E-state index in [9.17, 15) is 9.59 Å². The number of amides is 2. The lowest BCUT2D eigenvalue weighted by Gasteiger charge is -2.14. The Hall–Kier alpha value is -1.77. The number of nitrogens with one attached hydrogen (secondary N) is 2. The van der Waals surface area contributed by atoms with Crippen LogP contribution < -0.4 is 20.3 Å². The zero-order valence-electron chi connectivity index (χ0n) is 15.2. The Morgan fingerprint density at radius 2 is 1.43 bits per heavy atom. The van der Waals surface area contributed by atoms with Gasteiger partial charge in [0, 0.05) is 8.95 Å². The molecule has 0 heterocycles. The zero-order valence-corrected chi connectivity index (χ0v) is 19.2. The first-order valence-electron chi connectivity index (χ1n) is 8.34. The van der Waals surface area contributed by atoms with Crippen molar-refractivity contribution in [1.82, 2.24) is 10.9 Å². The molecule has 9 heteroatoms. The van der Waals surface area contributed by atoms with Crippen molar-refractivity contribution in [3.8, 4) is 11.5 Å². The Morgan fingerprint density at radius 1 is 0.929 bits per heavy atom. The molecule has 0 bridgehead atoms. The van der Waals surface area contributed by atoms with Crippen molar-refractivity contribution in [2.75, 3.05) is 13.2 Å². The maximum atomic E-state index is 11.9. The number of halogens is 3. The second kappa shape index (κ2) is 10.7. The molecule has 28 heavy (non-hydrogen) atoms. The average Bonchev–Trinajstić information content (AvgIpc) is 2.64. The van der Waals surface area contributed by atoms with Crippen LogP contribution in [0.2, 0.25) is 5.02 Å². The van der Waals surface area contributed by atoms with Crippen LogP contribution in [0.25, 0.3) is 0 Å². The van der Waals surface area contributed by atoms with E-state index in [1.165, 1.54) is 0 Å². The molecule has 0 aliphatic heterocycles. The topological polar surface area (TPSA) is 76.7 Å². The lowest BCUT2D eigenvalue weighted by atomic mass is 10.0. The van der Waals surface area contributed by atoms with Gasteiger partial charge in [-0.1, -0.05) is 57.3 Å². The summed E-state index contributed by atoms with van der Waals surface area (Å²) in [6, 6.07) is 10.6. The smallest absolute Gasteiger partial charge is 0.276 e. The van der Waals surface area contributed by atoms with Crippen molar-refractivity contribution >= 4 is 55.3 Å². The van der Waals surface area contributed by atoms with E-state index >= 15 is 0 Å². The third kappa shape index (κ3) is 7.00. The van der Waals surface area contributed by atoms with Crippen LogP contribution in [-0.4, -0.2) is 25.0 Å². The number of ether oxygens (including phenoxy) is 2. The Balaban J connectivity index is 1.77. The molecule has 0 radical (unpaired) electrons. The largest absolute Gasteiger partial charge is 0.483 e. The molecule has 2 aromatic carbocycles. The summed E-state index contributed by atoms with van der Waals surface area (Å²) >= 11 is 12.7. The molecule has 0 spiro atoms. The average molecular weight is 535 g/mol. The Morgan fingerprint density at radius 3 is 1.96 bits per heavy atom. The van der Waals surface area contributed by atoms with Crippen molar-refractivity contribution in [2.45, 2.75) is 19.8 Å². The van der Waals surface area contributed by atoms with Gasteiger partial charge in [0.05, 0.1) is 5.02 Å². The number of hydrogen-bond donors (Lipinski definition) is 2. The molecule has 0 aliphatic carbocycles. The Kier molecular flexibility index (Phi) is 8.59. The van der Waals surface area contributed by atoms with Crippen LogP contribution in [0.15, 0.2) is 45.3 Å². The van der Waals surface area contributed by atoms with Gasteiger partial charge in [-0.05, 0) is 47.9 Å². The maximum Gasteiger partial charge on any atom is 0.276 e. The van der Waals surface area contributed by atoms with Gasteiger partial charge in [-0.2, -0.15) is 0 Å². The van der Waals surface area contributed by atoms with E-state index in [4.69, 9.17) is 21.1 Å². The van der Waals surface area contributed by atoms with E-state index < -0.39 is 11.8 Å². The molecule has 0 saturated heterocycles. The van der Waals surface area contributed by atoms with Crippen LogP contribution in [-0.2, 0) is 9.59 Å². The van der Waals surface area contributed by atoms with Gasteiger partial charge >= 0.3 is 0 Å². The maximum absolute atomic E-state index is 11.9. The number of hydrazine groups is 1. The van der Waals surface area contributed by atoms with Gasteiger partial charge in [0.2, 0.25) is 0 Å². The summed E-state index contributed by atoms with van der Waals surface area (Å²) in [6.45, 7) is 3.53. The summed E-state index contributed by atoms with van der Waals surface area (Å²) in [5.74, 6) is 0.198. The van der Waals surface area contributed by atoms with Crippen molar-refractivity contribution in [2.24, 2.45) is 0 Å². The molecule has 0 atom stereocenters. The molecule has 2 rings (SSSR count). The minimum atomic E-state index is -0.529. The molecule has 2 amide bonds. The minimum Gasteiger partial charge on any atom is -0.483 e. The van der Waals surface area contributed by atoms with E-state index in [0.29, 0.717) is 16.5 Å². The summed E-state index contributed by atoms with van der Waals surface area (Å²) in [5, 5.41) is 0.370. The van der Waals surface area contributed by atoms with E-state index in [1.807, 2.05) is 26.0 Å². The third-order valence-electron chi connectivity index (χ3n) is 3.55. The Labute approximate surface area is 185 Å². The first-order valence-corrected chi connectivity index (χ1v) is 10.3. The van der Waals surface area contributed by atoms with Crippen molar-refractivity contribution < 1.29 is 19.1 Å². The van der Waals surface area contributed by atoms with Gasteiger partial charge in [-0.15, -0.1) is 0 Å². The van der Waals surface area contributed by atoms with Gasteiger partial charge in [0.15, 0.2) is 13.2 Å². The van der Waals surface area contributed by atoms with Crippen molar-refractivity contribution in [3.05, 3.63) is 55.9 Å². The first-order chi connectivity index (χ1) is 13.3. The number of carbonyl (C=O) groups excluding carboxylic acids is 2. The molecule has 150 valence electrons. The fourth-order valence-corrected chi connectivity index (χ4v) is 3.30. The van der Waals surface area contributed by atoms with Crippen LogP contribution in [0.4, 0.5) is 0 Å². The lowest BCUT2D eigenvalue weighted by Crippen LogP contribution is -2.45. The minimum absolute atomic E-state index is 0.234. The highest BCUT2D eigenvalue weighted by Crippen LogP contribution is 2.29. The van der Waals surface area contributed by atoms with Crippen LogP contribution >= 0.6 is 43.5 Å². The highest BCUT2D eigenvalue weighted by Gasteiger charge is 2.12. The predicted octanol–water partition coefficient (Wildman–Crippen LogP) is 4.59. The van der Waals surface area contributed by atoms with Gasteiger partial charge < -0.3 is 9.47 Å². The van der Waals surface area contributed by atoms with E-state index in [-0.39, 0.29) is 19.1 Å². The van der Waals surface area contributed by atoms with Gasteiger partial charge in [-0.25, -0.2) is 0 Å². The number of carbonyl (C=O) groups is 2. The van der Waals surface area contributed by atoms with Crippen molar-refractivity contribution in [3.63, 3.8) is 0 Å². The molecular formula is C19H19Br2ClN2O4. The molecular weight excluding hydrogens is 515 g/mol. The zero-order chi connectivity index (χ0) is 20.7. The molecule has 0 saturated carbocycles. The fraction of sp³-hybridized carbons (Fsp3) is 0.263. The van der Waals surface area contributed by atoms with Gasteiger partial charge in [0.1, 0.15) is 11.5 Å². The number of benzene rings is 2. The third-order valence-corrected chi connectivity index (χ3v) is 4.83. The number of hydrogen-bond acceptors (Lipinski definition) is 4. The fourth-order valence-electron chi connectivity index (χ4n) is 2.19. The van der Waals surface area contributed by atoms with E-state index in [0.717, 1.165) is 14.5 Å². The highest BCUT2D eigenvalue weighted by molar-refractivity contribution is 9.10. The van der Waals surface area contributed by atoms with Crippen LogP contribution in [0, 0.1) is 0 Å². The second-order valence-corrected chi connectivity index (χ2v) is 8.32. The van der Waals surface area contributed by atoms with Gasteiger partial charge in [0.25, 0.3) is 11.8 Å². The molecule has 0 aliphatic rings. The number of rotatable bonds is 7. The predicted molar refractivity (Wildman–Crippen MR) is 115 cm³/mol. The molecule has 0 aromatic heterocycles. The van der Waals surface area contributed by atoms with Crippen LogP contribution in [0.1, 0.15) is 25.3 Å². The lowest BCUT2D eigenvalue weighted by molar-refractivity contribution is -0.131. The quantitative estimate of drug-likeness (QED) is 0.510. The molecule has 6 nitrogen and oxygen atoms in total. The van der Waals surface area contributed by atoms with Crippen LogP contribution in [0.5, 0.6) is 11.5 Å². The summed E-state index contributed by atoms with van der Waals surface area (Å²) < 4.78 is 12.6. The normalized spacial score (nSPS) is 10.5. The van der Waals surface area contributed by atoms with Gasteiger partial charge in [-0.3, -0.25) is 20.4 Å². The molecule has 2 aromatic rings. The summed E-state index contributed by atoms with van der Waals surface area (Å²) in [7, 11) is 0. The van der Waals surface area contributed by atoms with Crippen molar-refractivity contribution in [1.29, 1.82) is 0 Å². The SMILES string of the molecule is CC(C)c1cc(Br)ccc1OCC(=O)NNC(=O)COc1ccc(Br)cc1Cl. The van der Waals surface area contributed by atoms with E-state index in [2.05, 4.69) is 42.7 Å². The summed E-state index contributed by atoms with van der Waals surface area (Å²) in [4.78, 5) is 23.7. The second-order valence-electron chi connectivity index (χ2n) is 6.09. The Bertz CT molecular complexity index is 862. The summed E-state index contributed by atoms with van der Waals surface area (Å²) in [5.41, 5.74) is 5.52. The molecule has 2 N–H and O–H groups in total. The monoisotopic (exact) mass is 532 g/mol. The first kappa shape index (κ1) is 22.5. The molecule has 0 fully saturated rings.